The van der Waals surface area contributed by atoms with Gasteiger partial charge in [-0.05, 0) is 19.4 Å². The lowest BCUT2D eigenvalue weighted by Crippen LogP contribution is -2.45. The first kappa shape index (κ1) is 15.3. The van der Waals surface area contributed by atoms with Gasteiger partial charge in [0.05, 0.1) is 0 Å². The van der Waals surface area contributed by atoms with E-state index in [2.05, 4.69) is 16.8 Å². The number of hydrogen-bond donors (Lipinski definition) is 2. The third-order valence-electron chi connectivity index (χ3n) is 3.59. The van der Waals surface area contributed by atoms with E-state index in [4.69, 9.17) is 11.6 Å². The number of nitrogens with zero attached hydrogens (tertiary/aromatic N) is 1. The maximum Gasteiger partial charge on any atom is 0.145 e. The number of nitrogens with one attached hydrogen (secondary N) is 1. The molecular formula is C15H20ClFN2O. The number of benzene rings is 1. The Balaban J connectivity index is 2.35. The summed E-state index contributed by atoms with van der Waals surface area (Å²) in [5.74, 6) is -0.751. The van der Waals surface area contributed by atoms with Crippen LogP contribution in [0.25, 0.3) is 0 Å². The fourth-order valence-electron chi connectivity index (χ4n) is 2.58. The summed E-state index contributed by atoms with van der Waals surface area (Å²) in [5, 5.41) is 13.2. The predicted octanol–water partition coefficient (Wildman–Crippen LogP) is 3.10. The first-order valence-electron chi connectivity index (χ1n) is 6.76. The molecule has 3 nitrogen and oxygen atoms in total. The van der Waals surface area contributed by atoms with Crippen molar-refractivity contribution in [1.82, 2.24) is 10.2 Å². The predicted molar refractivity (Wildman–Crippen MR) is 79.7 cm³/mol. The van der Waals surface area contributed by atoms with Crippen LogP contribution in [0, 0.1) is 5.82 Å². The molecular weight excluding hydrogens is 279 g/mol. The van der Waals surface area contributed by atoms with Crippen LogP contribution in [0.2, 0.25) is 5.02 Å². The molecule has 2 rings (SSSR count). The van der Waals surface area contributed by atoms with E-state index in [1.54, 1.807) is 6.07 Å². The minimum atomic E-state index is -0.595. The molecule has 0 saturated carbocycles. The molecule has 1 aliphatic heterocycles. The molecule has 1 aromatic carbocycles. The molecule has 1 saturated heterocycles. The molecule has 5 heteroatoms. The molecule has 1 atom stereocenters. The van der Waals surface area contributed by atoms with E-state index < -0.39 is 5.82 Å². The Morgan fingerprint density at radius 3 is 2.75 bits per heavy atom. The lowest BCUT2D eigenvalue weighted by molar-refractivity contribution is 0.170. The molecule has 1 aromatic rings. The van der Waals surface area contributed by atoms with Crippen LogP contribution in [0.15, 0.2) is 24.3 Å². The molecule has 1 heterocycles. The van der Waals surface area contributed by atoms with Crippen LogP contribution in [0.3, 0.4) is 0 Å². The summed E-state index contributed by atoms with van der Waals surface area (Å²) >= 11 is 5.82. The van der Waals surface area contributed by atoms with Crippen molar-refractivity contribution in [1.29, 1.82) is 0 Å². The Labute approximate surface area is 124 Å². The standard InChI is InChI=1S/C15H20ClFN2O/c1-10(2)9-13(19-7-5-18-6-8-19)11-3-4-12(17)14(16)15(11)20/h3-4,13,18,20H,1,5-9H2,2H3/t13-/m0/s1. The monoisotopic (exact) mass is 298 g/mol. The van der Waals surface area contributed by atoms with Gasteiger partial charge in [0.15, 0.2) is 0 Å². The molecule has 110 valence electrons. The molecule has 0 spiro atoms. The fourth-order valence-corrected chi connectivity index (χ4v) is 2.76. The molecule has 0 bridgehead atoms. The minimum Gasteiger partial charge on any atom is -0.506 e. The summed E-state index contributed by atoms with van der Waals surface area (Å²) < 4.78 is 13.4. The number of rotatable bonds is 4. The Morgan fingerprint density at radius 1 is 1.50 bits per heavy atom. The van der Waals surface area contributed by atoms with Crippen LogP contribution in [0.5, 0.6) is 5.75 Å². The van der Waals surface area contributed by atoms with E-state index >= 15 is 0 Å². The smallest absolute Gasteiger partial charge is 0.145 e. The topological polar surface area (TPSA) is 35.5 Å². The molecule has 2 N–H and O–H groups in total. The van der Waals surface area contributed by atoms with E-state index in [9.17, 15) is 9.50 Å². The zero-order chi connectivity index (χ0) is 14.7. The number of phenols is 1. The number of phenolic OH excluding ortho intramolecular Hbond substituents is 1. The highest BCUT2D eigenvalue weighted by Gasteiger charge is 2.26. The molecule has 0 radical (unpaired) electrons. The fraction of sp³-hybridized carbons (Fsp3) is 0.467. The van der Waals surface area contributed by atoms with Gasteiger partial charge >= 0.3 is 0 Å². The second-order valence-electron chi connectivity index (χ2n) is 5.26. The second-order valence-corrected chi connectivity index (χ2v) is 5.64. The van der Waals surface area contributed by atoms with Gasteiger partial charge in [0.25, 0.3) is 0 Å². The van der Waals surface area contributed by atoms with Gasteiger partial charge in [-0.2, -0.15) is 0 Å². The zero-order valence-electron chi connectivity index (χ0n) is 11.6. The van der Waals surface area contributed by atoms with Gasteiger partial charge in [0.1, 0.15) is 16.6 Å². The molecule has 0 unspecified atom stereocenters. The average Bonchev–Trinajstić information content (AvgIpc) is 2.44. The largest absolute Gasteiger partial charge is 0.506 e. The van der Waals surface area contributed by atoms with Gasteiger partial charge in [-0.1, -0.05) is 23.2 Å². The van der Waals surface area contributed by atoms with Gasteiger partial charge in [-0.3, -0.25) is 4.90 Å². The van der Waals surface area contributed by atoms with Crippen molar-refractivity contribution in [3.8, 4) is 5.75 Å². The highest BCUT2D eigenvalue weighted by molar-refractivity contribution is 6.32. The van der Waals surface area contributed by atoms with Crippen LogP contribution in [0.1, 0.15) is 24.9 Å². The lowest BCUT2D eigenvalue weighted by atomic mass is 9.97. The van der Waals surface area contributed by atoms with Crippen molar-refractivity contribution < 1.29 is 9.50 Å². The summed E-state index contributed by atoms with van der Waals surface area (Å²) in [6, 6.07) is 2.91. The minimum absolute atomic E-state index is 0.0206. The van der Waals surface area contributed by atoms with E-state index in [0.717, 1.165) is 38.2 Å². The van der Waals surface area contributed by atoms with Gasteiger partial charge in [0, 0.05) is 37.8 Å². The SMILES string of the molecule is C=C(C)C[C@@H](c1ccc(F)c(Cl)c1O)N1CCNCC1. The molecule has 0 aliphatic carbocycles. The summed E-state index contributed by atoms with van der Waals surface area (Å²) in [6.07, 6.45) is 0.718. The van der Waals surface area contributed by atoms with Gasteiger partial charge in [-0.25, -0.2) is 4.39 Å². The quantitative estimate of drug-likeness (QED) is 0.839. The first-order chi connectivity index (χ1) is 9.50. The molecule has 1 aliphatic rings. The van der Waals surface area contributed by atoms with Crippen LogP contribution in [-0.2, 0) is 0 Å². The van der Waals surface area contributed by atoms with Crippen molar-refractivity contribution in [2.75, 3.05) is 26.2 Å². The summed E-state index contributed by atoms with van der Waals surface area (Å²) in [7, 11) is 0. The highest BCUT2D eigenvalue weighted by Crippen LogP contribution is 2.38. The Hall–Kier alpha value is -1.10. The highest BCUT2D eigenvalue weighted by atomic mass is 35.5. The number of hydrogen-bond acceptors (Lipinski definition) is 3. The third-order valence-corrected chi connectivity index (χ3v) is 3.95. The van der Waals surface area contributed by atoms with Gasteiger partial charge in [-0.15, -0.1) is 6.58 Å². The molecule has 0 aromatic heterocycles. The zero-order valence-corrected chi connectivity index (χ0v) is 12.4. The lowest BCUT2D eigenvalue weighted by Gasteiger charge is -2.35. The normalized spacial score (nSPS) is 17.9. The van der Waals surface area contributed by atoms with Crippen LogP contribution >= 0.6 is 11.6 Å². The Morgan fingerprint density at radius 2 is 2.15 bits per heavy atom. The van der Waals surface area contributed by atoms with E-state index in [1.165, 1.54) is 6.07 Å². The second kappa shape index (κ2) is 6.57. The maximum atomic E-state index is 13.4. The summed E-state index contributed by atoms with van der Waals surface area (Å²) in [6.45, 7) is 9.48. The van der Waals surface area contributed by atoms with Crippen LogP contribution in [0.4, 0.5) is 4.39 Å². The van der Waals surface area contributed by atoms with Crippen molar-refractivity contribution in [2.24, 2.45) is 0 Å². The van der Waals surface area contributed by atoms with Crippen molar-refractivity contribution in [2.45, 2.75) is 19.4 Å². The first-order valence-corrected chi connectivity index (χ1v) is 7.14. The molecule has 1 fully saturated rings. The van der Waals surface area contributed by atoms with Gasteiger partial charge < -0.3 is 10.4 Å². The average molecular weight is 299 g/mol. The van der Waals surface area contributed by atoms with E-state index in [1.807, 2.05) is 6.92 Å². The number of halogens is 2. The number of piperazine rings is 1. The molecule has 0 amide bonds. The van der Waals surface area contributed by atoms with Crippen molar-refractivity contribution >= 4 is 11.6 Å². The Kier molecular flexibility index (Phi) is 5.02. The Bertz CT molecular complexity index is 501. The molecule has 20 heavy (non-hydrogen) atoms. The maximum absolute atomic E-state index is 13.4. The number of aromatic hydroxyl groups is 1. The van der Waals surface area contributed by atoms with Gasteiger partial charge in [0.2, 0.25) is 0 Å². The van der Waals surface area contributed by atoms with Crippen molar-refractivity contribution in [3.63, 3.8) is 0 Å². The summed E-state index contributed by atoms with van der Waals surface area (Å²) in [4.78, 5) is 2.27. The van der Waals surface area contributed by atoms with Crippen LogP contribution in [-0.4, -0.2) is 36.2 Å². The summed E-state index contributed by atoms with van der Waals surface area (Å²) in [5.41, 5.74) is 1.69. The van der Waals surface area contributed by atoms with Crippen molar-refractivity contribution in [3.05, 3.63) is 40.7 Å². The van der Waals surface area contributed by atoms with Crippen LogP contribution < -0.4 is 5.32 Å². The third kappa shape index (κ3) is 3.32. The van der Waals surface area contributed by atoms with E-state index in [-0.39, 0.29) is 16.8 Å². The van der Waals surface area contributed by atoms with E-state index in [0.29, 0.717) is 5.56 Å².